The van der Waals surface area contributed by atoms with Gasteiger partial charge in [0.25, 0.3) is 0 Å². The van der Waals surface area contributed by atoms with Crippen molar-refractivity contribution in [2.24, 2.45) is 9.98 Å². The van der Waals surface area contributed by atoms with E-state index in [1.54, 1.807) is 0 Å². The molecule has 192 valence electrons. The molecule has 0 radical (unpaired) electrons. The molecule has 0 heterocycles. The number of hydrogen-bond acceptors (Lipinski definition) is 2. The molecule has 0 fully saturated rings. The molecular weight excluding hydrogens is 507 g/mol. The predicted molar refractivity (Wildman–Crippen MR) is 162 cm³/mol. The van der Waals surface area contributed by atoms with Crippen LogP contribution in [0.1, 0.15) is 44.5 Å². The van der Waals surface area contributed by atoms with Crippen LogP contribution >= 0.6 is 0 Å². The topological polar surface area (TPSA) is 24.7 Å². The first-order valence-corrected chi connectivity index (χ1v) is 12.6. The van der Waals surface area contributed by atoms with E-state index in [0.717, 1.165) is 28.4 Å². The Kier molecular flexibility index (Phi) is 7.46. The quantitative estimate of drug-likeness (QED) is 0.121. The maximum Gasteiger partial charge on any atom is 2.00 e. The van der Waals surface area contributed by atoms with Crippen molar-refractivity contribution in [2.45, 2.75) is 41.5 Å². The molecule has 0 unspecified atom stereocenters. The van der Waals surface area contributed by atoms with Crippen molar-refractivity contribution in [1.82, 2.24) is 0 Å². The van der Waals surface area contributed by atoms with Gasteiger partial charge in [0, 0.05) is 16.5 Å². The van der Waals surface area contributed by atoms with E-state index in [-0.39, 0.29) is 23.9 Å². The van der Waals surface area contributed by atoms with Crippen LogP contribution in [0.3, 0.4) is 0 Å². The summed E-state index contributed by atoms with van der Waals surface area (Å²) < 4.78 is 0. The van der Waals surface area contributed by atoms with E-state index in [4.69, 9.17) is 9.98 Å². The molecule has 3 heteroatoms. The van der Waals surface area contributed by atoms with Crippen LogP contribution in [-0.4, -0.2) is 11.4 Å². The zero-order valence-electron chi connectivity index (χ0n) is 23.1. The molecule has 0 atom stereocenters. The molecule has 1 aliphatic carbocycles. The van der Waals surface area contributed by atoms with Gasteiger partial charge in [0.2, 0.25) is 0 Å². The molecule has 38 heavy (non-hydrogen) atoms. The van der Waals surface area contributed by atoms with Crippen molar-refractivity contribution >= 4 is 44.3 Å². The van der Waals surface area contributed by atoms with E-state index < -0.39 is 0 Å². The number of hydrogen-bond donors (Lipinski definition) is 0. The summed E-state index contributed by atoms with van der Waals surface area (Å²) in [5, 5.41) is 4.93. The van der Waals surface area contributed by atoms with Crippen LogP contribution in [-0.2, 0) is 16.5 Å². The standard InChI is InChI=1S/C34H30N2.CH3.Ni/c1-19-14-21(3)31(22(4)15-19)35-33-28-13-9-11-26-18-25-10-7-8-12-27(25)30(29(26)28)34(33)36-32-23(5)16-20(2)17-24(32)6;;/h7-18H,1-6H3;1H3;/q;-1;+2. The Labute approximate surface area is 236 Å². The van der Waals surface area contributed by atoms with Gasteiger partial charge in [-0.05, 0) is 86.0 Å². The van der Waals surface area contributed by atoms with Crippen LogP contribution in [0.2, 0.25) is 0 Å². The monoisotopic (exact) mass is 539 g/mol. The van der Waals surface area contributed by atoms with Gasteiger partial charge in [0.1, 0.15) is 0 Å². The van der Waals surface area contributed by atoms with Crippen molar-refractivity contribution in [3.8, 4) is 0 Å². The van der Waals surface area contributed by atoms with Gasteiger partial charge in [0.05, 0.1) is 22.8 Å². The van der Waals surface area contributed by atoms with Gasteiger partial charge in [-0.25, -0.2) is 9.98 Å². The second-order valence-corrected chi connectivity index (χ2v) is 10.3. The Morgan fingerprint density at radius 3 is 1.61 bits per heavy atom. The third-order valence-electron chi connectivity index (χ3n) is 7.32. The van der Waals surface area contributed by atoms with Crippen LogP contribution in [0.5, 0.6) is 0 Å². The van der Waals surface area contributed by atoms with Crippen LogP contribution in [0, 0.1) is 49.0 Å². The summed E-state index contributed by atoms with van der Waals surface area (Å²) in [5.74, 6) is 0. The van der Waals surface area contributed by atoms with Gasteiger partial charge >= 0.3 is 16.5 Å². The third-order valence-corrected chi connectivity index (χ3v) is 7.32. The Morgan fingerprint density at radius 1 is 0.526 bits per heavy atom. The van der Waals surface area contributed by atoms with E-state index in [2.05, 4.69) is 114 Å². The number of nitrogens with zero attached hydrogens (tertiary/aromatic N) is 2. The normalized spacial score (nSPS) is 14.3. The summed E-state index contributed by atoms with van der Waals surface area (Å²) >= 11 is 0. The minimum Gasteiger partial charge on any atom is -0.358 e. The molecule has 1 aliphatic rings. The van der Waals surface area contributed by atoms with Gasteiger partial charge in [0.15, 0.2) is 0 Å². The van der Waals surface area contributed by atoms with Crippen LogP contribution in [0.15, 0.2) is 82.8 Å². The first kappa shape index (κ1) is 27.5. The molecule has 2 nitrogen and oxygen atoms in total. The third kappa shape index (κ3) is 4.40. The van der Waals surface area contributed by atoms with Crippen LogP contribution in [0.4, 0.5) is 11.4 Å². The molecule has 0 aliphatic heterocycles. The maximum atomic E-state index is 5.43. The Balaban J connectivity index is 0.00000168. The van der Waals surface area contributed by atoms with Gasteiger partial charge < -0.3 is 7.43 Å². The molecule has 5 aromatic rings. The van der Waals surface area contributed by atoms with E-state index in [1.807, 2.05) is 0 Å². The fraction of sp³-hybridized carbons (Fsp3) is 0.171. The summed E-state index contributed by atoms with van der Waals surface area (Å²) in [4.78, 5) is 10.8. The molecule has 6 rings (SSSR count). The van der Waals surface area contributed by atoms with Gasteiger partial charge in [-0.2, -0.15) is 0 Å². The molecule has 0 aromatic heterocycles. The summed E-state index contributed by atoms with van der Waals surface area (Å²) in [6.45, 7) is 12.9. The van der Waals surface area contributed by atoms with Crippen molar-refractivity contribution in [1.29, 1.82) is 0 Å². The number of aliphatic imine (C=N–C) groups is 2. The van der Waals surface area contributed by atoms with Crippen LogP contribution in [0.25, 0.3) is 21.5 Å². The Morgan fingerprint density at radius 2 is 1.03 bits per heavy atom. The average Bonchev–Trinajstić information content (AvgIpc) is 3.13. The van der Waals surface area contributed by atoms with Crippen molar-refractivity contribution in [3.05, 3.63) is 125 Å². The first-order chi connectivity index (χ1) is 17.3. The number of aryl methyl sites for hydroxylation is 6. The van der Waals surface area contributed by atoms with Gasteiger partial charge in [-0.15, -0.1) is 0 Å². The Hall–Kier alpha value is -3.55. The predicted octanol–water partition coefficient (Wildman–Crippen LogP) is 9.55. The van der Waals surface area contributed by atoms with Crippen LogP contribution < -0.4 is 0 Å². The molecule has 0 bridgehead atoms. The zero-order chi connectivity index (χ0) is 25.1. The Bertz CT molecular complexity index is 1740. The van der Waals surface area contributed by atoms with Crippen molar-refractivity contribution < 1.29 is 16.5 Å². The smallest absolute Gasteiger partial charge is 0.358 e. The maximum absolute atomic E-state index is 5.43. The average molecular weight is 540 g/mol. The minimum absolute atomic E-state index is 0. The summed E-state index contributed by atoms with van der Waals surface area (Å²) in [6.07, 6.45) is 0. The van der Waals surface area contributed by atoms with E-state index in [0.29, 0.717) is 0 Å². The summed E-state index contributed by atoms with van der Waals surface area (Å²) in [5.41, 5.74) is 13.6. The second kappa shape index (κ2) is 10.3. The zero-order valence-corrected chi connectivity index (χ0v) is 24.1. The van der Waals surface area contributed by atoms with E-state index >= 15 is 0 Å². The first-order valence-electron chi connectivity index (χ1n) is 12.6. The van der Waals surface area contributed by atoms with Gasteiger partial charge in [-0.1, -0.05) is 77.9 Å². The summed E-state index contributed by atoms with van der Waals surface area (Å²) in [7, 11) is 0. The molecule has 0 spiro atoms. The summed E-state index contributed by atoms with van der Waals surface area (Å²) in [6, 6.07) is 26.4. The SMILES string of the molecule is Cc1cc(C)c(N=C2C(=Nc3c(C)cc(C)cc3C)c3c4ccccc4cc4cccc2c34)c(C)c1.[CH3-].[Ni+2]. The number of benzene rings is 5. The number of rotatable bonds is 2. The molecule has 0 saturated carbocycles. The molecular formula is C35H33N2Ni+. The van der Waals surface area contributed by atoms with Crippen molar-refractivity contribution in [3.63, 3.8) is 0 Å². The van der Waals surface area contributed by atoms with E-state index in [9.17, 15) is 0 Å². The van der Waals surface area contributed by atoms with Crippen molar-refractivity contribution in [2.75, 3.05) is 0 Å². The fourth-order valence-electron chi connectivity index (χ4n) is 5.95. The van der Waals surface area contributed by atoms with Gasteiger partial charge in [-0.3, -0.25) is 0 Å². The number of fused-ring (bicyclic) bond motifs is 2. The fourth-order valence-corrected chi connectivity index (χ4v) is 5.95. The molecule has 0 N–H and O–H groups in total. The minimum atomic E-state index is 0. The van der Waals surface area contributed by atoms with E-state index in [1.165, 1.54) is 60.5 Å². The molecule has 5 aromatic carbocycles. The largest absolute Gasteiger partial charge is 2.00 e. The second-order valence-electron chi connectivity index (χ2n) is 10.3. The molecule has 0 saturated heterocycles. The molecule has 0 amide bonds.